The Morgan fingerprint density at radius 1 is 1.05 bits per heavy atom. The maximum atomic E-state index is 12.9. The smallest absolute Gasteiger partial charge is 0.183 e. The molecular formula is C16H17BrN2O2S. The average Bonchev–Trinajstić information content (AvgIpc) is 3.17. The van der Waals surface area contributed by atoms with E-state index in [1.165, 1.54) is 0 Å². The van der Waals surface area contributed by atoms with Crippen molar-refractivity contribution < 1.29 is 8.42 Å². The van der Waals surface area contributed by atoms with E-state index in [9.17, 15) is 8.42 Å². The molecule has 1 aliphatic carbocycles. The van der Waals surface area contributed by atoms with Crippen LogP contribution in [0.2, 0.25) is 0 Å². The van der Waals surface area contributed by atoms with Crippen molar-refractivity contribution in [2.45, 2.75) is 21.6 Å². The molecule has 0 unspecified atom stereocenters. The van der Waals surface area contributed by atoms with Gasteiger partial charge in [0.05, 0.1) is 15.7 Å². The van der Waals surface area contributed by atoms with Crippen LogP contribution in [0, 0.1) is 0 Å². The standard InChI is InChI=1S/C16H17BrN2O2S/c17-12-8-6-11(7-9-12)14-15(16(14,19)10-18)22(20,21)13-4-2-1-3-5-13/h1-9,14-15H,10,18-19H2/t14-,15-,16+/m1/s1. The monoisotopic (exact) mass is 380 g/mol. The number of benzene rings is 2. The third kappa shape index (κ3) is 2.40. The fourth-order valence-corrected chi connectivity index (χ4v) is 5.65. The van der Waals surface area contributed by atoms with Crippen molar-refractivity contribution in [3.05, 3.63) is 64.6 Å². The molecule has 0 bridgehead atoms. The number of hydrogen-bond acceptors (Lipinski definition) is 4. The Morgan fingerprint density at radius 2 is 1.64 bits per heavy atom. The zero-order chi connectivity index (χ0) is 16.0. The van der Waals surface area contributed by atoms with E-state index in [1.807, 2.05) is 24.3 Å². The van der Waals surface area contributed by atoms with Crippen LogP contribution in [0.1, 0.15) is 11.5 Å². The number of nitrogens with two attached hydrogens (primary N) is 2. The van der Waals surface area contributed by atoms with Crippen molar-refractivity contribution >= 4 is 25.8 Å². The topological polar surface area (TPSA) is 86.2 Å². The molecule has 0 aliphatic heterocycles. The SMILES string of the molecule is NC[C@]1(N)[C@H](c2ccc(Br)cc2)[C@H]1S(=O)(=O)c1ccccc1. The summed E-state index contributed by atoms with van der Waals surface area (Å²) >= 11 is 3.38. The van der Waals surface area contributed by atoms with Crippen molar-refractivity contribution in [2.75, 3.05) is 6.54 Å². The highest BCUT2D eigenvalue weighted by molar-refractivity contribution is 9.10. The molecule has 1 saturated carbocycles. The van der Waals surface area contributed by atoms with E-state index < -0.39 is 20.6 Å². The van der Waals surface area contributed by atoms with Gasteiger partial charge in [0.1, 0.15) is 0 Å². The van der Waals surface area contributed by atoms with Gasteiger partial charge in [-0.25, -0.2) is 8.42 Å². The molecule has 3 rings (SSSR count). The lowest BCUT2D eigenvalue weighted by molar-refractivity contribution is 0.586. The summed E-state index contributed by atoms with van der Waals surface area (Å²) in [6, 6.07) is 16.0. The van der Waals surface area contributed by atoms with Crippen molar-refractivity contribution in [2.24, 2.45) is 11.5 Å². The summed E-state index contributed by atoms with van der Waals surface area (Å²) < 4.78 is 26.7. The first-order valence-corrected chi connectivity index (χ1v) is 9.28. The van der Waals surface area contributed by atoms with Crippen LogP contribution in [0.25, 0.3) is 0 Å². The minimum absolute atomic E-state index is 0.129. The molecule has 22 heavy (non-hydrogen) atoms. The summed E-state index contributed by atoms with van der Waals surface area (Å²) in [5.74, 6) is -0.282. The molecule has 3 atom stereocenters. The lowest BCUT2D eigenvalue weighted by Gasteiger charge is -2.08. The maximum absolute atomic E-state index is 12.9. The van der Waals surface area contributed by atoms with E-state index in [2.05, 4.69) is 15.9 Å². The highest BCUT2D eigenvalue weighted by Crippen LogP contribution is 2.55. The lowest BCUT2D eigenvalue weighted by atomic mass is 10.1. The minimum atomic E-state index is -3.51. The summed E-state index contributed by atoms with van der Waals surface area (Å²) in [5, 5.41) is -0.687. The lowest BCUT2D eigenvalue weighted by Crippen LogP contribution is -2.39. The average molecular weight is 381 g/mol. The molecule has 1 fully saturated rings. The van der Waals surface area contributed by atoms with E-state index in [0.717, 1.165) is 10.0 Å². The Hall–Kier alpha value is -1.21. The maximum Gasteiger partial charge on any atom is 0.183 e. The summed E-state index contributed by atoms with van der Waals surface area (Å²) in [4.78, 5) is 0.294. The second-order valence-corrected chi connectivity index (χ2v) is 8.61. The third-order valence-corrected chi connectivity index (χ3v) is 7.13. The largest absolute Gasteiger partial charge is 0.329 e. The van der Waals surface area contributed by atoms with Crippen molar-refractivity contribution in [3.8, 4) is 0 Å². The zero-order valence-electron chi connectivity index (χ0n) is 11.8. The Labute approximate surface area is 138 Å². The molecule has 2 aromatic rings. The van der Waals surface area contributed by atoms with Gasteiger partial charge in [-0.05, 0) is 29.8 Å². The van der Waals surface area contributed by atoms with Gasteiger partial charge >= 0.3 is 0 Å². The van der Waals surface area contributed by atoms with Gasteiger partial charge in [-0.2, -0.15) is 0 Å². The van der Waals surface area contributed by atoms with E-state index in [-0.39, 0.29) is 12.5 Å². The minimum Gasteiger partial charge on any atom is -0.329 e. The van der Waals surface area contributed by atoms with Crippen LogP contribution < -0.4 is 11.5 Å². The highest BCUT2D eigenvalue weighted by atomic mass is 79.9. The molecule has 2 aromatic carbocycles. The van der Waals surface area contributed by atoms with Crippen molar-refractivity contribution in [1.82, 2.24) is 0 Å². The predicted molar refractivity (Wildman–Crippen MR) is 90.3 cm³/mol. The van der Waals surface area contributed by atoms with E-state index in [4.69, 9.17) is 11.5 Å². The Bertz CT molecular complexity index is 778. The quantitative estimate of drug-likeness (QED) is 0.849. The number of halogens is 1. The Kier molecular flexibility index (Phi) is 3.89. The first-order valence-electron chi connectivity index (χ1n) is 6.94. The van der Waals surface area contributed by atoms with Crippen molar-refractivity contribution in [1.29, 1.82) is 0 Å². The van der Waals surface area contributed by atoms with Crippen LogP contribution in [0.15, 0.2) is 64.0 Å². The highest BCUT2D eigenvalue weighted by Gasteiger charge is 2.68. The summed E-state index contributed by atoms with van der Waals surface area (Å²) in [6.07, 6.45) is 0. The summed E-state index contributed by atoms with van der Waals surface area (Å²) in [5.41, 5.74) is 12.1. The van der Waals surface area contributed by atoms with Crippen LogP contribution >= 0.6 is 15.9 Å². The van der Waals surface area contributed by atoms with Gasteiger partial charge in [-0.15, -0.1) is 0 Å². The van der Waals surface area contributed by atoms with E-state index in [1.54, 1.807) is 30.3 Å². The van der Waals surface area contributed by atoms with Crippen LogP contribution in [0.5, 0.6) is 0 Å². The normalized spacial score (nSPS) is 27.6. The molecule has 116 valence electrons. The van der Waals surface area contributed by atoms with E-state index >= 15 is 0 Å². The molecule has 4 N–H and O–H groups in total. The van der Waals surface area contributed by atoms with Crippen LogP contribution in [-0.4, -0.2) is 25.8 Å². The first-order chi connectivity index (χ1) is 10.4. The Balaban J connectivity index is 2.02. The molecule has 0 radical (unpaired) electrons. The molecule has 1 aliphatic rings. The second kappa shape index (κ2) is 5.45. The van der Waals surface area contributed by atoms with Crippen LogP contribution in [0.4, 0.5) is 0 Å². The van der Waals surface area contributed by atoms with Gasteiger partial charge in [0.2, 0.25) is 0 Å². The first kappa shape index (κ1) is 15.7. The van der Waals surface area contributed by atoms with Gasteiger partial charge in [0.25, 0.3) is 0 Å². The zero-order valence-corrected chi connectivity index (χ0v) is 14.2. The summed E-state index contributed by atoms with van der Waals surface area (Å²) in [6.45, 7) is 0.129. The Morgan fingerprint density at radius 3 is 2.18 bits per heavy atom. The predicted octanol–water partition coefficient (Wildman–Crippen LogP) is 2.05. The van der Waals surface area contributed by atoms with Gasteiger partial charge in [-0.1, -0.05) is 46.3 Å². The van der Waals surface area contributed by atoms with Crippen molar-refractivity contribution in [3.63, 3.8) is 0 Å². The number of sulfone groups is 1. The van der Waals surface area contributed by atoms with Gasteiger partial charge in [-0.3, -0.25) is 0 Å². The second-order valence-electron chi connectivity index (χ2n) is 5.62. The van der Waals surface area contributed by atoms with Gasteiger partial charge in [0, 0.05) is 16.9 Å². The number of rotatable bonds is 4. The van der Waals surface area contributed by atoms with Gasteiger partial charge < -0.3 is 11.5 Å². The molecule has 0 saturated heterocycles. The fraction of sp³-hybridized carbons (Fsp3) is 0.250. The van der Waals surface area contributed by atoms with Crippen LogP contribution in [-0.2, 0) is 9.84 Å². The molecule has 0 amide bonds. The molecule has 0 heterocycles. The summed E-state index contributed by atoms with van der Waals surface area (Å²) in [7, 11) is -3.51. The molecule has 4 nitrogen and oxygen atoms in total. The van der Waals surface area contributed by atoms with Gasteiger partial charge in [0.15, 0.2) is 9.84 Å². The fourth-order valence-electron chi connectivity index (χ4n) is 3.05. The molecule has 6 heteroatoms. The third-order valence-electron chi connectivity index (χ3n) is 4.29. The van der Waals surface area contributed by atoms with Crippen LogP contribution in [0.3, 0.4) is 0 Å². The molecule has 0 aromatic heterocycles. The molecular weight excluding hydrogens is 364 g/mol. The number of hydrogen-bond donors (Lipinski definition) is 2. The van der Waals surface area contributed by atoms with E-state index in [0.29, 0.717) is 4.90 Å². The molecule has 0 spiro atoms.